The normalized spacial score (nSPS) is 17.4. The Morgan fingerprint density at radius 3 is 2.85 bits per heavy atom. The summed E-state index contributed by atoms with van der Waals surface area (Å²) >= 11 is 0. The smallest absolute Gasteiger partial charge is 0.329 e. The summed E-state index contributed by atoms with van der Waals surface area (Å²) in [6.45, 7) is 5.21. The van der Waals surface area contributed by atoms with E-state index in [1.807, 2.05) is 4.68 Å². The number of hydrogen-bond acceptors (Lipinski definition) is 6. The lowest BCUT2D eigenvalue weighted by atomic mass is 10.1. The van der Waals surface area contributed by atoms with E-state index in [0.717, 1.165) is 51.3 Å². The molecule has 1 aromatic heterocycles. The number of likely N-dealkylation sites (tertiary alicyclic amines) is 1. The molecule has 0 aliphatic carbocycles. The van der Waals surface area contributed by atoms with Crippen molar-refractivity contribution in [1.29, 1.82) is 0 Å². The molecular formula is C12H21N5O3. The van der Waals surface area contributed by atoms with Gasteiger partial charge in [-0.25, -0.2) is 9.48 Å². The predicted molar refractivity (Wildman–Crippen MR) is 70.0 cm³/mol. The maximum atomic E-state index is 10.5. The Kier molecular flexibility index (Phi) is 5.42. The summed E-state index contributed by atoms with van der Waals surface area (Å²) in [5, 5.41) is 20.3. The summed E-state index contributed by atoms with van der Waals surface area (Å²) in [6, 6.07) is 0. The highest BCUT2D eigenvalue weighted by atomic mass is 16.5. The van der Waals surface area contributed by atoms with Gasteiger partial charge >= 0.3 is 5.97 Å². The van der Waals surface area contributed by atoms with E-state index in [9.17, 15) is 4.79 Å². The van der Waals surface area contributed by atoms with Gasteiger partial charge in [-0.15, -0.1) is 5.10 Å². The van der Waals surface area contributed by atoms with Crippen molar-refractivity contribution in [3.05, 3.63) is 5.82 Å². The van der Waals surface area contributed by atoms with Gasteiger partial charge in [0.25, 0.3) is 0 Å². The van der Waals surface area contributed by atoms with Crippen molar-refractivity contribution in [1.82, 2.24) is 25.1 Å². The molecule has 20 heavy (non-hydrogen) atoms. The molecule has 0 saturated carbocycles. The molecule has 112 valence electrons. The third-order valence-corrected chi connectivity index (χ3v) is 3.38. The molecule has 8 heteroatoms. The summed E-state index contributed by atoms with van der Waals surface area (Å²) in [7, 11) is 0. The van der Waals surface area contributed by atoms with Crippen LogP contribution >= 0.6 is 0 Å². The number of aliphatic carboxylic acids is 1. The second-order valence-electron chi connectivity index (χ2n) is 5.00. The Morgan fingerprint density at radius 1 is 1.45 bits per heavy atom. The SMILES string of the molecule is CCCn1nnnc1CN1CCC(OCC(=O)O)CC1. The largest absolute Gasteiger partial charge is 0.480 e. The van der Waals surface area contributed by atoms with Crippen molar-refractivity contribution in [2.24, 2.45) is 0 Å². The number of aromatic nitrogens is 4. The first-order valence-corrected chi connectivity index (χ1v) is 6.99. The minimum atomic E-state index is -0.911. The van der Waals surface area contributed by atoms with E-state index in [2.05, 4.69) is 27.3 Å². The minimum Gasteiger partial charge on any atom is -0.480 e. The van der Waals surface area contributed by atoms with E-state index >= 15 is 0 Å². The van der Waals surface area contributed by atoms with Gasteiger partial charge in [-0.05, 0) is 29.7 Å². The molecule has 0 bridgehead atoms. The summed E-state index contributed by atoms with van der Waals surface area (Å²) in [6.07, 6.45) is 2.75. The highest BCUT2D eigenvalue weighted by Crippen LogP contribution is 2.15. The molecule has 0 spiro atoms. The number of carboxylic acid groups (broad SMARTS) is 1. The zero-order valence-corrected chi connectivity index (χ0v) is 11.7. The highest BCUT2D eigenvalue weighted by molar-refractivity contribution is 5.68. The van der Waals surface area contributed by atoms with Gasteiger partial charge in [0.05, 0.1) is 12.6 Å². The lowest BCUT2D eigenvalue weighted by Crippen LogP contribution is -2.37. The van der Waals surface area contributed by atoms with Crippen LogP contribution < -0.4 is 0 Å². The third kappa shape index (κ3) is 4.24. The maximum absolute atomic E-state index is 10.5. The number of hydrogen-bond donors (Lipinski definition) is 1. The topological polar surface area (TPSA) is 93.4 Å². The molecule has 0 radical (unpaired) electrons. The van der Waals surface area contributed by atoms with Crippen molar-refractivity contribution in [3.63, 3.8) is 0 Å². The fourth-order valence-electron chi connectivity index (χ4n) is 2.35. The molecule has 0 atom stereocenters. The van der Waals surface area contributed by atoms with Crippen LogP contribution in [0.25, 0.3) is 0 Å². The summed E-state index contributed by atoms with van der Waals surface area (Å²) in [5.74, 6) is -0.0251. The number of rotatable bonds is 7. The molecule has 0 unspecified atom stereocenters. The Morgan fingerprint density at radius 2 is 2.20 bits per heavy atom. The molecule has 1 aliphatic rings. The fourth-order valence-corrected chi connectivity index (χ4v) is 2.35. The van der Waals surface area contributed by atoms with Gasteiger partial charge in [-0.1, -0.05) is 6.92 Å². The lowest BCUT2D eigenvalue weighted by molar-refractivity contribution is -0.145. The van der Waals surface area contributed by atoms with Crippen molar-refractivity contribution in [3.8, 4) is 0 Å². The van der Waals surface area contributed by atoms with Crippen LogP contribution in [0.3, 0.4) is 0 Å². The quantitative estimate of drug-likeness (QED) is 0.761. The first-order valence-electron chi connectivity index (χ1n) is 6.99. The van der Waals surface area contributed by atoms with Gasteiger partial charge in [0.2, 0.25) is 0 Å². The molecule has 1 aliphatic heterocycles. The van der Waals surface area contributed by atoms with E-state index in [1.165, 1.54) is 0 Å². The third-order valence-electron chi connectivity index (χ3n) is 3.38. The van der Waals surface area contributed by atoms with Gasteiger partial charge < -0.3 is 9.84 Å². The van der Waals surface area contributed by atoms with Gasteiger partial charge in [0, 0.05) is 19.6 Å². The Hall–Kier alpha value is -1.54. The number of tetrazole rings is 1. The Bertz CT molecular complexity index is 428. The molecule has 1 aromatic rings. The molecule has 1 saturated heterocycles. The van der Waals surface area contributed by atoms with Crippen molar-refractivity contribution >= 4 is 5.97 Å². The molecule has 0 aromatic carbocycles. The predicted octanol–water partition coefficient (Wildman–Crippen LogP) is 0.149. The molecule has 2 heterocycles. The second kappa shape index (κ2) is 7.30. The number of carbonyl (C=O) groups is 1. The standard InChI is InChI=1S/C12H21N5O3/c1-2-5-17-11(13-14-15-17)8-16-6-3-10(4-7-16)20-9-12(18)19/h10H,2-9H2,1H3,(H,18,19). The van der Waals surface area contributed by atoms with E-state index < -0.39 is 5.97 Å². The summed E-state index contributed by atoms with van der Waals surface area (Å²) in [4.78, 5) is 12.7. The van der Waals surface area contributed by atoms with Crippen molar-refractivity contribution in [2.45, 2.75) is 45.4 Å². The van der Waals surface area contributed by atoms with E-state index in [0.29, 0.717) is 0 Å². The van der Waals surface area contributed by atoms with E-state index in [4.69, 9.17) is 9.84 Å². The van der Waals surface area contributed by atoms with Crippen molar-refractivity contribution < 1.29 is 14.6 Å². The number of ether oxygens (including phenoxy) is 1. The average Bonchev–Trinajstić information content (AvgIpc) is 2.86. The molecule has 1 fully saturated rings. The lowest BCUT2D eigenvalue weighted by Gasteiger charge is -2.31. The Labute approximate surface area is 117 Å². The Balaban J connectivity index is 1.76. The van der Waals surface area contributed by atoms with E-state index in [-0.39, 0.29) is 12.7 Å². The number of piperidine rings is 1. The molecular weight excluding hydrogens is 262 g/mol. The van der Waals surface area contributed by atoms with Crippen LogP contribution in [0.1, 0.15) is 32.0 Å². The van der Waals surface area contributed by atoms with E-state index in [1.54, 1.807) is 0 Å². The zero-order chi connectivity index (χ0) is 14.4. The van der Waals surface area contributed by atoms with Crippen LogP contribution in [0.15, 0.2) is 0 Å². The van der Waals surface area contributed by atoms with Gasteiger partial charge in [-0.2, -0.15) is 0 Å². The molecule has 1 N–H and O–H groups in total. The summed E-state index contributed by atoms with van der Waals surface area (Å²) < 4.78 is 7.16. The van der Waals surface area contributed by atoms with Crippen molar-refractivity contribution in [2.75, 3.05) is 19.7 Å². The number of aryl methyl sites for hydroxylation is 1. The first kappa shape index (κ1) is 14.9. The van der Waals surface area contributed by atoms with Gasteiger partial charge in [-0.3, -0.25) is 4.90 Å². The fraction of sp³-hybridized carbons (Fsp3) is 0.833. The van der Waals surface area contributed by atoms with Crippen LogP contribution in [-0.2, 0) is 22.6 Å². The van der Waals surface area contributed by atoms with Gasteiger partial charge in [0.15, 0.2) is 5.82 Å². The highest BCUT2D eigenvalue weighted by Gasteiger charge is 2.21. The number of carboxylic acids is 1. The molecule has 2 rings (SSSR count). The maximum Gasteiger partial charge on any atom is 0.329 e. The monoisotopic (exact) mass is 283 g/mol. The van der Waals surface area contributed by atoms with Gasteiger partial charge in [0.1, 0.15) is 6.61 Å². The molecule has 8 nitrogen and oxygen atoms in total. The van der Waals surface area contributed by atoms with Crippen LogP contribution in [0.4, 0.5) is 0 Å². The first-order chi connectivity index (χ1) is 9.69. The second-order valence-corrected chi connectivity index (χ2v) is 5.00. The zero-order valence-electron chi connectivity index (χ0n) is 11.7. The summed E-state index contributed by atoms with van der Waals surface area (Å²) in [5.41, 5.74) is 0. The van der Waals surface area contributed by atoms with Crippen LogP contribution in [0.5, 0.6) is 0 Å². The molecule has 0 amide bonds. The minimum absolute atomic E-state index is 0.0500. The number of nitrogens with zero attached hydrogens (tertiary/aromatic N) is 5. The van der Waals surface area contributed by atoms with Crippen LogP contribution in [0.2, 0.25) is 0 Å². The van der Waals surface area contributed by atoms with Crippen LogP contribution in [-0.4, -0.2) is 62.0 Å². The average molecular weight is 283 g/mol. The van der Waals surface area contributed by atoms with Crippen LogP contribution in [0, 0.1) is 0 Å².